The average molecular weight is 256 g/mol. The van der Waals surface area contributed by atoms with Gasteiger partial charge in [0.1, 0.15) is 23.9 Å². The molecule has 0 amide bonds. The van der Waals surface area contributed by atoms with Crippen LogP contribution in [0.5, 0.6) is 0 Å². The molecular weight excluding hydrogens is 240 g/mol. The molecule has 100 valence electrons. The van der Waals surface area contributed by atoms with Gasteiger partial charge in [-0.25, -0.2) is 0 Å². The van der Waals surface area contributed by atoms with E-state index in [1.165, 1.54) is 12.1 Å². The second-order valence-corrected chi connectivity index (χ2v) is 4.33. The minimum atomic E-state index is -2.09. The molecule has 1 heterocycles. The van der Waals surface area contributed by atoms with Crippen LogP contribution in [0.4, 0.5) is 0 Å². The van der Waals surface area contributed by atoms with Gasteiger partial charge in [0.15, 0.2) is 6.29 Å². The summed E-state index contributed by atoms with van der Waals surface area (Å²) in [6.07, 6.45) is -6.12. The zero-order chi connectivity index (χ0) is 13.3. The molecule has 1 aliphatic heterocycles. The predicted octanol–water partition coefficient (Wildman–Crippen LogP) is -1.69. The largest absolute Gasteiger partial charge is 0.394 e. The summed E-state index contributed by atoms with van der Waals surface area (Å²) in [7, 11) is 0. The van der Waals surface area contributed by atoms with Gasteiger partial charge in [-0.15, -0.1) is 0 Å². The lowest BCUT2D eigenvalue weighted by Crippen LogP contribution is -2.65. The fourth-order valence-electron chi connectivity index (χ4n) is 2.19. The van der Waals surface area contributed by atoms with Crippen molar-refractivity contribution in [3.05, 3.63) is 35.9 Å². The molecule has 2 rings (SSSR count). The zero-order valence-electron chi connectivity index (χ0n) is 9.55. The monoisotopic (exact) mass is 256 g/mol. The van der Waals surface area contributed by atoms with Crippen LogP contribution >= 0.6 is 0 Å². The lowest BCUT2D eigenvalue weighted by atomic mass is 9.78. The van der Waals surface area contributed by atoms with Gasteiger partial charge in [0.05, 0.1) is 6.61 Å². The van der Waals surface area contributed by atoms with Gasteiger partial charge < -0.3 is 30.3 Å². The van der Waals surface area contributed by atoms with Crippen molar-refractivity contribution in [3.8, 4) is 0 Å². The van der Waals surface area contributed by atoms with Crippen LogP contribution in [-0.4, -0.2) is 56.7 Å². The van der Waals surface area contributed by atoms with Gasteiger partial charge in [0.2, 0.25) is 0 Å². The normalized spacial score (nSPS) is 40.7. The first kappa shape index (κ1) is 13.4. The summed E-state index contributed by atoms with van der Waals surface area (Å²) in [5, 5.41) is 49.0. The van der Waals surface area contributed by atoms with E-state index < -0.39 is 36.8 Å². The fraction of sp³-hybridized carbons (Fsp3) is 0.500. The Balaban J connectivity index is 2.43. The van der Waals surface area contributed by atoms with E-state index >= 15 is 0 Å². The Morgan fingerprint density at radius 2 is 1.67 bits per heavy atom. The van der Waals surface area contributed by atoms with Crippen molar-refractivity contribution in [2.75, 3.05) is 6.61 Å². The molecule has 5 atom stereocenters. The molecule has 1 fully saturated rings. The van der Waals surface area contributed by atoms with Crippen LogP contribution in [0.3, 0.4) is 0 Å². The lowest BCUT2D eigenvalue weighted by Gasteiger charge is -2.46. The Labute approximate surface area is 104 Å². The summed E-state index contributed by atoms with van der Waals surface area (Å²) < 4.78 is 4.82. The molecule has 0 spiro atoms. The third-order valence-electron chi connectivity index (χ3n) is 3.25. The predicted molar refractivity (Wildman–Crippen MR) is 60.3 cm³/mol. The van der Waals surface area contributed by atoms with Gasteiger partial charge >= 0.3 is 0 Å². The highest BCUT2D eigenvalue weighted by Crippen LogP contribution is 2.37. The summed E-state index contributed by atoms with van der Waals surface area (Å²) in [5.74, 6) is 0. The van der Waals surface area contributed by atoms with E-state index in [0.29, 0.717) is 0 Å². The first-order valence-electron chi connectivity index (χ1n) is 5.60. The molecule has 1 aliphatic rings. The second-order valence-electron chi connectivity index (χ2n) is 4.33. The van der Waals surface area contributed by atoms with E-state index in [4.69, 9.17) is 9.84 Å². The number of aliphatic hydroxyl groups excluding tert-OH is 4. The third-order valence-corrected chi connectivity index (χ3v) is 3.25. The molecule has 0 bridgehead atoms. The summed E-state index contributed by atoms with van der Waals surface area (Å²) in [6.45, 7) is -0.583. The van der Waals surface area contributed by atoms with E-state index in [2.05, 4.69) is 0 Å². The molecule has 0 saturated carbocycles. The number of hydrogen-bond donors (Lipinski definition) is 5. The molecule has 6 nitrogen and oxygen atoms in total. The minimum absolute atomic E-state index is 0.241. The molecule has 1 aromatic carbocycles. The van der Waals surface area contributed by atoms with Crippen LogP contribution in [0.2, 0.25) is 0 Å². The van der Waals surface area contributed by atoms with Crippen molar-refractivity contribution in [1.29, 1.82) is 0 Å². The maximum absolute atomic E-state index is 10.5. The molecule has 6 heteroatoms. The maximum Gasteiger partial charge on any atom is 0.184 e. The number of rotatable bonds is 2. The summed E-state index contributed by atoms with van der Waals surface area (Å²) in [5.41, 5.74) is -1.85. The zero-order valence-corrected chi connectivity index (χ0v) is 9.55. The van der Waals surface area contributed by atoms with E-state index in [9.17, 15) is 20.4 Å². The molecule has 0 unspecified atom stereocenters. The quantitative estimate of drug-likeness (QED) is 0.431. The summed E-state index contributed by atoms with van der Waals surface area (Å²) in [6, 6.07) is 7.99. The number of ether oxygens (including phenoxy) is 1. The molecule has 18 heavy (non-hydrogen) atoms. The number of aliphatic hydroxyl groups is 5. The first-order valence-corrected chi connectivity index (χ1v) is 5.60. The molecule has 0 aliphatic carbocycles. The first-order chi connectivity index (χ1) is 8.51. The van der Waals surface area contributed by atoms with Crippen LogP contribution in [-0.2, 0) is 10.3 Å². The van der Waals surface area contributed by atoms with Gasteiger partial charge in [-0.05, 0) is 5.56 Å². The summed E-state index contributed by atoms with van der Waals surface area (Å²) >= 11 is 0. The van der Waals surface area contributed by atoms with Crippen molar-refractivity contribution in [2.24, 2.45) is 0 Å². The Bertz CT molecular complexity index is 397. The van der Waals surface area contributed by atoms with Gasteiger partial charge in [0, 0.05) is 0 Å². The molecule has 1 aromatic rings. The number of hydrogen-bond acceptors (Lipinski definition) is 6. The minimum Gasteiger partial charge on any atom is -0.394 e. The third kappa shape index (κ3) is 1.93. The Hall–Kier alpha value is -1.02. The average Bonchev–Trinajstić information content (AvgIpc) is 2.41. The van der Waals surface area contributed by atoms with Crippen molar-refractivity contribution in [1.82, 2.24) is 0 Å². The van der Waals surface area contributed by atoms with Gasteiger partial charge in [-0.2, -0.15) is 0 Å². The van der Waals surface area contributed by atoms with Crippen LogP contribution in [0.25, 0.3) is 0 Å². The van der Waals surface area contributed by atoms with Crippen LogP contribution < -0.4 is 0 Å². The fourth-order valence-corrected chi connectivity index (χ4v) is 2.19. The topological polar surface area (TPSA) is 110 Å². The maximum atomic E-state index is 10.5. The van der Waals surface area contributed by atoms with Crippen LogP contribution in [0, 0.1) is 0 Å². The summed E-state index contributed by atoms with van der Waals surface area (Å²) in [4.78, 5) is 0. The van der Waals surface area contributed by atoms with Crippen molar-refractivity contribution in [2.45, 2.75) is 30.2 Å². The van der Waals surface area contributed by atoms with E-state index in [1.807, 2.05) is 0 Å². The molecule has 5 N–H and O–H groups in total. The van der Waals surface area contributed by atoms with E-state index in [0.717, 1.165) is 0 Å². The smallest absolute Gasteiger partial charge is 0.184 e. The highest BCUT2D eigenvalue weighted by atomic mass is 16.6. The highest BCUT2D eigenvalue weighted by molar-refractivity contribution is 5.27. The molecule has 0 radical (unpaired) electrons. The highest BCUT2D eigenvalue weighted by Gasteiger charge is 2.55. The molecular formula is C12H16O6. The van der Waals surface area contributed by atoms with Crippen molar-refractivity contribution < 1.29 is 30.3 Å². The Kier molecular flexibility index (Phi) is 3.67. The van der Waals surface area contributed by atoms with Gasteiger partial charge in [-0.3, -0.25) is 0 Å². The van der Waals surface area contributed by atoms with Gasteiger partial charge in [0.25, 0.3) is 0 Å². The van der Waals surface area contributed by atoms with E-state index in [-0.39, 0.29) is 5.56 Å². The lowest BCUT2D eigenvalue weighted by molar-refractivity contribution is -0.326. The Morgan fingerprint density at radius 3 is 2.22 bits per heavy atom. The van der Waals surface area contributed by atoms with E-state index in [1.54, 1.807) is 18.2 Å². The van der Waals surface area contributed by atoms with Crippen molar-refractivity contribution >= 4 is 0 Å². The van der Waals surface area contributed by atoms with Gasteiger partial charge in [-0.1, -0.05) is 30.3 Å². The second kappa shape index (κ2) is 4.93. The van der Waals surface area contributed by atoms with Crippen molar-refractivity contribution in [3.63, 3.8) is 0 Å². The molecule has 0 aromatic heterocycles. The van der Waals surface area contributed by atoms with Crippen LogP contribution in [0.15, 0.2) is 30.3 Å². The molecule has 1 saturated heterocycles. The Morgan fingerprint density at radius 1 is 1.06 bits per heavy atom. The standard InChI is InChI=1S/C12H16O6/c13-6-8-9(14)12(17,10(15)11(16)18-8)7-4-2-1-3-5-7/h1-5,8-11,13-17H,6H2/t8-,9-,10+,11+,12+/m1/s1. The number of benzene rings is 1. The SMILES string of the molecule is OC[C@H]1O[C@H](O)[C@H](O)[C@](O)(c2ccccc2)[C@@H]1O. The van der Waals surface area contributed by atoms with Crippen LogP contribution in [0.1, 0.15) is 5.56 Å².